The molecule has 0 bridgehead atoms. The fraction of sp³-hybridized carbons (Fsp3) is 0.304. The molecule has 2 aromatic heterocycles. The molecule has 1 N–H and O–H groups in total. The number of nitrogens with zero attached hydrogens (tertiary/aromatic N) is 3. The highest BCUT2D eigenvalue weighted by Crippen LogP contribution is 2.38. The van der Waals surface area contributed by atoms with Crippen LogP contribution in [0, 0.1) is 0 Å². The quantitative estimate of drug-likeness (QED) is 0.438. The molecule has 166 valence electrons. The summed E-state index contributed by atoms with van der Waals surface area (Å²) >= 11 is 20.4. The van der Waals surface area contributed by atoms with Gasteiger partial charge in [-0.3, -0.25) is 10.2 Å². The number of halogens is 3. The van der Waals surface area contributed by atoms with Crippen LogP contribution in [0.4, 0.5) is 0 Å². The van der Waals surface area contributed by atoms with E-state index in [9.17, 15) is 4.79 Å². The van der Waals surface area contributed by atoms with Crippen molar-refractivity contribution >= 4 is 63.7 Å². The van der Waals surface area contributed by atoms with Gasteiger partial charge in [0.25, 0.3) is 5.91 Å². The Bertz CT molecular complexity index is 1210. The fourth-order valence-electron chi connectivity index (χ4n) is 4.34. The SMILES string of the molecule is O=C(NN1CCCC1)c1nn(-c2ccc(Cl)cc2Cl)c2c1CCC/C2=C\c1ccc(Cl)s1. The van der Waals surface area contributed by atoms with E-state index in [4.69, 9.17) is 39.9 Å². The van der Waals surface area contributed by atoms with Gasteiger partial charge in [-0.25, -0.2) is 9.69 Å². The molecule has 0 radical (unpaired) electrons. The first kappa shape index (κ1) is 22.0. The van der Waals surface area contributed by atoms with Crippen LogP contribution in [-0.2, 0) is 6.42 Å². The van der Waals surface area contributed by atoms with E-state index in [2.05, 4.69) is 11.5 Å². The summed E-state index contributed by atoms with van der Waals surface area (Å²) in [6.07, 6.45) is 6.92. The molecule has 1 amide bonds. The molecule has 2 aliphatic rings. The molecule has 3 heterocycles. The van der Waals surface area contributed by atoms with Crippen molar-refractivity contribution in [2.75, 3.05) is 13.1 Å². The number of thiophene rings is 1. The van der Waals surface area contributed by atoms with E-state index in [1.54, 1.807) is 16.8 Å². The predicted octanol–water partition coefficient (Wildman–Crippen LogP) is 6.51. The minimum atomic E-state index is -0.174. The average Bonchev–Trinajstić information content (AvgIpc) is 3.49. The normalized spacial score (nSPS) is 17.7. The maximum atomic E-state index is 13.2. The van der Waals surface area contributed by atoms with Crippen molar-refractivity contribution in [1.29, 1.82) is 0 Å². The van der Waals surface area contributed by atoms with Crippen LogP contribution >= 0.6 is 46.1 Å². The first-order valence-electron chi connectivity index (χ1n) is 10.6. The van der Waals surface area contributed by atoms with Gasteiger partial charge in [0.2, 0.25) is 0 Å². The lowest BCUT2D eigenvalue weighted by atomic mass is 9.90. The van der Waals surface area contributed by atoms with Crippen LogP contribution in [0.15, 0.2) is 30.3 Å². The third-order valence-electron chi connectivity index (χ3n) is 5.79. The van der Waals surface area contributed by atoms with Crippen LogP contribution in [0.5, 0.6) is 0 Å². The van der Waals surface area contributed by atoms with E-state index in [0.29, 0.717) is 21.4 Å². The number of amides is 1. The number of fused-ring (bicyclic) bond motifs is 1. The zero-order valence-corrected chi connectivity index (χ0v) is 20.3. The predicted molar refractivity (Wildman–Crippen MR) is 132 cm³/mol. The molecule has 0 saturated carbocycles. The summed E-state index contributed by atoms with van der Waals surface area (Å²) in [7, 11) is 0. The molecule has 1 saturated heterocycles. The van der Waals surface area contributed by atoms with Gasteiger partial charge >= 0.3 is 0 Å². The van der Waals surface area contributed by atoms with Gasteiger partial charge in [-0.05, 0) is 74.1 Å². The Morgan fingerprint density at radius 1 is 1.06 bits per heavy atom. The number of carbonyl (C=O) groups is 1. The van der Waals surface area contributed by atoms with Gasteiger partial charge in [-0.1, -0.05) is 34.8 Å². The number of aromatic nitrogens is 2. The van der Waals surface area contributed by atoms with Crippen LogP contribution in [0.3, 0.4) is 0 Å². The molecule has 5 rings (SSSR count). The van der Waals surface area contributed by atoms with E-state index >= 15 is 0 Å². The van der Waals surface area contributed by atoms with Crippen molar-refractivity contribution in [2.24, 2.45) is 0 Å². The number of rotatable bonds is 4. The molecule has 1 fully saturated rings. The van der Waals surface area contributed by atoms with E-state index in [0.717, 1.165) is 71.2 Å². The van der Waals surface area contributed by atoms with Crippen molar-refractivity contribution < 1.29 is 4.79 Å². The first-order chi connectivity index (χ1) is 15.5. The van der Waals surface area contributed by atoms with Gasteiger partial charge in [-0.2, -0.15) is 5.10 Å². The minimum absolute atomic E-state index is 0.174. The Morgan fingerprint density at radius 3 is 2.59 bits per heavy atom. The van der Waals surface area contributed by atoms with Gasteiger partial charge in [0.1, 0.15) is 0 Å². The second kappa shape index (κ2) is 9.20. The molecule has 1 aliphatic carbocycles. The van der Waals surface area contributed by atoms with Crippen molar-refractivity contribution in [3.8, 4) is 5.69 Å². The third kappa shape index (κ3) is 4.35. The highest BCUT2D eigenvalue weighted by molar-refractivity contribution is 7.17. The molecular weight excluding hydrogens is 487 g/mol. The van der Waals surface area contributed by atoms with Crippen molar-refractivity contribution in [3.05, 3.63) is 66.5 Å². The lowest BCUT2D eigenvalue weighted by molar-refractivity contribution is 0.0819. The summed E-state index contributed by atoms with van der Waals surface area (Å²) in [5.41, 5.74) is 7.18. The van der Waals surface area contributed by atoms with Gasteiger partial charge in [0.05, 0.1) is 20.7 Å². The Kier molecular flexibility index (Phi) is 6.32. The molecule has 0 spiro atoms. The molecule has 0 atom stereocenters. The number of benzene rings is 1. The summed E-state index contributed by atoms with van der Waals surface area (Å²) in [4.78, 5) is 14.3. The van der Waals surface area contributed by atoms with Crippen LogP contribution in [0.1, 0.15) is 52.3 Å². The summed E-state index contributed by atoms with van der Waals surface area (Å²) in [6, 6.07) is 9.22. The van der Waals surface area contributed by atoms with Crippen molar-refractivity contribution in [3.63, 3.8) is 0 Å². The number of carbonyl (C=O) groups excluding carboxylic acids is 1. The zero-order chi connectivity index (χ0) is 22.2. The topological polar surface area (TPSA) is 50.2 Å². The van der Waals surface area contributed by atoms with Crippen LogP contribution in [0.2, 0.25) is 14.4 Å². The average molecular weight is 508 g/mol. The molecule has 1 aliphatic heterocycles. The summed E-state index contributed by atoms with van der Waals surface area (Å²) < 4.78 is 2.54. The highest BCUT2D eigenvalue weighted by Gasteiger charge is 2.30. The molecule has 5 nitrogen and oxygen atoms in total. The molecular formula is C23H21Cl3N4OS. The van der Waals surface area contributed by atoms with Crippen molar-refractivity contribution in [2.45, 2.75) is 32.1 Å². The Morgan fingerprint density at radius 2 is 1.88 bits per heavy atom. The molecule has 3 aromatic rings. The Balaban J connectivity index is 1.64. The standard InChI is InChI=1S/C23H21Cl3N4OS/c24-15-6-8-19(18(25)13-15)30-22-14(12-16-7-9-20(26)32-16)4-3-5-17(22)21(27-30)23(31)28-29-10-1-2-11-29/h6-9,12-13H,1-5,10-11H2,(H,28,31)/b14-12+. The molecule has 0 unspecified atom stereocenters. The largest absolute Gasteiger partial charge is 0.286 e. The lowest BCUT2D eigenvalue weighted by Gasteiger charge is -2.19. The van der Waals surface area contributed by atoms with Crippen LogP contribution < -0.4 is 5.43 Å². The number of allylic oxidation sites excluding steroid dienone is 1. The first-order valence-corrected chi connectivity index (χ1v) is 12.5. The Hall–Kier alpha value is -1.83. The second-order valence-corrected chi connectivity index (χ2v) is 10.6. The highest BCUT2D eigenvalue weighted by atomic mass is 35.5. The van der Waals surface area contributed by atoms with Gasteiger partial charge in [0, 0.05) is 28.6 Å². The molecule has 1 aromatic carbocycles. The van der Waals surface area contributed by atoms with E-state index in [1.165, 1.54) is 11.3 Å². The smallest absolute Gasteiger partial charge is 0.283 e. The monoisotopic (exact) mass is 506 g/mol. The number of nitrogens with one attached hydrogen (secondary N) is 1. The third-order valence-corrected chi connectivity index (χ3v) is 7.51. The number of hydrogen-bond acceptors (Lipinski definition) is 4. The van der Waals surface area contributed by atoms with Crippen LogP contribution in [0.25, 0.3) is 17.3 Å². The summed E-state index contributed by atoms with van der Waals surface area (Å²) in [5.74, 6) is -0.174. The zero-order valence-electron chi connectivity index (χ0n) is 17.2. The van der Waals surface area contributed by atoms with E-state index < -0.39 is 0 Å². The van der Waals surface area contributed by atoms with Crippen LogP contribution in [-0.4, -0.2) is 33.8 Å². The van der Waals surface area contributed by atoms with Gasteiger partial charge in [0.15, 0.2) is 5.69 Å². The maximum absolute atomic E-state index is 13.2. The van der Waals surface area contributed by atoms with Gasteiger partial charge < -0.3 is 0 Å². The Labute approximate surface area is 205 Å². The second-order valence-electron chi connectivity index (χ2n) is 7.98. The minimum Gasteiger partial charge on any atom is -0.283 e. The van der Waals surface area contributed by atoms with Crippen molar-refractivity contribution in [1.82, 2.24) is 20.2 Å². The lowest BCUT2D eigenvalue weighted by Crippen LogP contribution is -2.40. The summed E-state index contributed by atoms with van der Waals surface area (Å²) in [6.45, 7) is 1.73. The molecule has 9 heteroatoms. The summed E-state index contributed by atoms with van der Waals surface area (Å²) in [5, 5.41) is 7.78. The number of hydrazine groups is 1. The molecule has 32 heavy (non-hydrogen) atoms. The van der Waals surface area contributed by atoms with E-state index in [-0.39, 0.29) is 5.91 Å². The van der Waals surface area contributed by atoms with E-state index in [1.807, 2.05) is 23.2 Å². The fourth-order valence-corrected chi connectivity index (χ4v) is 5.86. The van der Waals surface area contributed by atoms with Gasteiger partial charge in [-0.15, -0.1) is 11.3 Å². The maximum Gasteiger partial charge on any atom is 0.286 e. The number of hydrogen-bond donors (Lipinski definition) is 1.